The van der Waals surface area contributed by atoms with Gasteiger partial charge in [-0.2, -0.15) is 0 Å². The van der Waals surface area contributed by atoms with E-state index in [1.807, 2.05) is 13.8 Å². The molecule has 0 aromatic heterocycles. The third-order valence-electron chi connectivity index (χ3n) is 8.34. The van der Waals surface area contributed by atoms with Crippen LogP contribution in [-0.4, -0.2) is 50.3 Å². The second-order valence-electron chi connectivity index (χ2n) is 9.35. The van der Waals surface area contributed by atoms with E-state index >= 15 is 0 Å². The molecule has 7 atom stereocenters. The average molecular weight is 376 g/mol. The van der Waals surface area contributed by atoms with Crippen molar-refractivity contribution >= 4 is 11.6 Å². The molecular formula is C21H28O6. The number of rotatable bonds is 2. The van der Waals surface area contributed by atoms with E-state index in [1.165, 1.54) is 6.08 Å². The lowest BCUT2D eigenvalue weighted by Crippen LogP contribution is -2.61. The lowest BCUT2D eigenvalue weighted by atomic mass is 9.46. The summed E-state index contributed by atoms with van der Waals surface area (Å²) in [5.41, 5.74) is -2.07. The quantitative estimate of drug-likeness (QED) is 0.580. The zero-order valence-electron chi connectivity index (χ0n) is 15.8. The third kappa shape index (κ3) is 2.23. The first-order valence-corrected chi connectivity index (χ1v) is 9.80. The van der Waals surface area contributed by atoms with Gasteiger partial charge in [0.2, 0.25) is 5.78 Å². The number of allylic oxidation sites excluding steroid dienone is 3. The maximum atomic E-state index is 12.4. The molecule has 6 nitrogen and oxygen atoms in total. The summed E-state index contributed by atoms with van der Waals surface area (Å²) in [6.07, 6.45) is 5.00. The minimum absolute atomic E-state index is 0.0398. The van der Waals surface area contributed by atoms with Crippen molar-refractivity contribution < 1.29 is 30.0 Å². The van der Waals surface area contributed by atoms with Crippen LogP contribution in [0, 0.1) is 28.6 Å². The Morgan fingerprint density at radius 3 is 2.67 bits per heavy atom. The van der Waals surface area contributed by atoms with Crippen molar-refractivity contribution in [1.82, 2.24) is 0 Å². The summed E-state index contributed by atoms with van der Waals surface area (Å²) in [7, 11) is 0. The number of hydrogen-bond donors (Lipinski definition) is 4. The van der Waals surface area contributed by atoms with Crippen LogP contribution in [0.25, 0.3) is 0 Å². The Morgan fingerprint density at radius 1 is 1.30 bits per heavy atom. The van der Waals surface area contributed by atoms with Crippen LogP contribution in [-0.2, 0) is 9.59 Å². The number of ketones is 2. The van der Waals surface area contributed by atoms with Gasteiger partial charge in [0.05, 0.1) is 6.10 Å². The van der Waals surface area contributed by atoms with E-state index in [0.717, 1.165) is 12.0 Å². The number of aliphatic hydroxyl groups is 4. The molecule has 0 spiro atoms. The molecular weight excluding hydrogens is 348 g/mol. The Hall–Kier alpha value is -1.50. The van der Waals surface area contributed by atoms with Crippen molar-refractivity contribution in [1.29, 1.82) is 0 Å². The molecule has 0 heterocycles. The second-order valence-corrected chi connectivity index (χ2v) is 9.35. The largest absolute Gasteiger partial charge is 0.504 e. The summed E-state index contributed by atoms with van der Waals surface area (Å²) in [5.74, 6) is -1.31. The van der Waals surface area contributed by atoms with Crippen LogP contribution >= 0.6 is 0 Å². The SMILES string of the molecule is C[C@]12C[C@H](O)[C@H]3[C@@H](CCC4=CC(=O)C(O)=C[C@]43C)[C@@H]1CC[C@]2(O)C(=O)CO. The predicted octanol–water partition coefficient (Wildman–Crippen LogP) is 1.44. The predicted molar refractivity (Wildman–Crippen MR) is 96.6 cm³/mol. The fraction of sp³-hybridized carbons (Fsp3) is 0.714. The Morgan fingerprint density at radius 2 is 2.00 bits per heavy atom. The highest BCUT2D eigenvalue weighted by Crippen LogP contribution is 2.67. The van der Waals surface area contributed by atoms with E-state index in [4.69, 9.17) is 0 Å². The monoisotopic (exact) mass is 376 g/mol. The van der Waals surface area contributed by atoms with Crippen LogP contribution in [0.2, 0.25) is 0 Å². The zero-order valence-corrected chi connectivity index (χ0v) is 15.8. The number of aliphatic hydroxyl groups excluding tert-OH is 3. The number of fused-ring (bicyclic) bond motifs is 5. The van der Waals surface area contributed by atoms with Gasteiger partial charge in [-0.15, -0.1) is 0 Å². The van der Waals surface area contributed by atoms with Gasteiger partial charge in [-0.1, -0.05) is 19.4 Å². The topological polar surface area (TPSA) is 115 Å². The Kier molecular flexibility index (Phi) is 4.01. The molecule has 0 aliphatic heterocycles. The van der Waals surface area contributed by atoms with Crippen molar-refractivity contribution in [3.8, 4) is 0 Å². The van der Waals surface area contributed by atoms with Gasteiger partial charge in [-0.3, -0.25) is 9.59 Å². The molecule has 0 amide bonds. The summed E-state index contributed by atoms with van der Waals surface area (Å²) in [6.45, 7) is 3.12. The van der Waals surface area contributed by atoms with Gasteiger partial charge in [0, 0.05) is 16.7 Å². The normalized spacial score (nSPS) is 48.9. The van der Waals surface area contributed by atoms with Crippen LogP contribution in [0.1, 0.15) is 46.0 Å². The molecule has 0 radical (unpaired) electrons. The number of carbonyl (C=O) groups excluding carboxylic acids is 2. The van der Waals surface area contributed by atoms with Gasteiger partial charge in [0.15, 0.2) is 11.5 Å². The second kappa shape index (κ2) is 5.75. The molecule has 6 heteroatoms. The molecule has 0 bridgehead atoms. The number of hydrogen-bond acceptors (Lipinski definition) is 6. The lowest BCUT2D eigenvalue weighted by molar-refractivity contribution is -0.178. The molecule has 0 aromatic carbocycles. The first-order valence-electron chi connectivity index (χ1n) is 9.80. The van der Waals surface area contributed by atoms with Crippen molar-refractivity contribution in [3.05, 3.63) is 23.5 Å². The lowest BCUT2D eigenvalue weighted by Gasteiger charge is -2.59. The Bertz CT molecular complexity index is 769. The molecule has 4 aliphatic carbocycles. The van der Waals surface area contributed by atoms with E-state index in [-0.39, 0.29) is 35.7 Å². The van der Waals surface area contributed by atoms with Crippen molar-refractivity contribution in [3.63, 3.8) is 0 Å². The summed E-state index contributed by atoms with van der Waals surface area (Å²) in [6, 6.07) is 0. The average Bonchev–Trinajstić information content (AvgIpc) is 2.87. The summed E-state index contributed by atoms with van der Waals surface area (Å²) >= 11 is 0. The fourth-order valence-corrected chi connectivity index (χ4v) is 7.00. The van der Waals surface area contributed by atoms with Crippen molar-refractivity contribution in [2.24, 2.45) is 28.6 Å². The van der Waals surface area contributed by atoms with Gasteiger partial charge in [0.25, 0.3) is 0 Å². The maximum absolute atomic E-state index is 12.4. The first-order chi connectivity index (χ1) is 12.6. The van der Waals surface area contributed by atoms with E-state index in [0.29, 0.717) is 19.3 Å². The molecule has 0 saturated heterocycles. The Labute approximate surface area is 158 Å². The summed E-state index contributed by atoms with van der Waals surface area (Å²) in [4.78, 5) is 24.3. The van der Waals surface area contributed by atoms with E-state index < -0.39 is 34.9 Å². The minimum Gasteiger partial charge on any atom is -0.504 e. The highest BCUT2D eigenvalue weighted by atomic mass is 16.3. The fourth-order valence-electron chi connectivity index (χ4n) is 7.00. The van der Waals surface area contributed by atoms with Gasteiger partial charge in [-0.25, -0.2) is 0 Å². The zero-order chi connectivity index (χ0) is 19.8. The number of carbonyl (C=O) groups is 2. The van der Waals surface area contributed by atoms with Crippen LogP contribution in [0.5, 0.6) is 0 Å². The molecule has 148 valence electrons. The molecule has 4 rings (SSSR count). The number of Topliss-reactive ketones (excluding diaryl/α,β-unsaturated/α-hetero) is 1. The smallest absolute Gasteiger partial charge is 0.219 e. The van der Waals surface area contributed by atoms with Crippen LogP contribution in [0.4, 0.5) is 0 Å². The molecule has 0 aromatic rings. The molecule has 4 N–H and O–H groups in total. The van der Waals surface area contributed by atoms with Crippen molar-refractivity contribution in [2.45, 2.75) is 57.7 Å². The standard InChI is InChI=1S/C21H28O6/c1-19-8-15(24)14(23)7-11(19)3-4-12-13-5-6-21(27,17(26)10-22)20(13,2)9-16(25)18(12)19/h7-8,12-13,16,18,22,24-25,27H,3-6,9-10H2,1-2H3/t12-,13-,16-,18+,19+,20-,21-/m0/s1. The molecule has 4 aliphatic rings. The van der Waals surface area contributed by atoms with E-state index in [2.05, 4.69) is 0 Å². The van der Waals surface area contributed by atoms with Gasteiger partial charge < -0.3 is 20.4 Å². The maximum Gasteiger partial charge on any atom is 0.219 e. The first kappa shape index (κ1) is 18.8. The van der Waals surface area contributed by atoms with Gasteiger partial charge >= 0.3 is 0 Å². The van der Waals surface area contributed by atoms with Gasteiger partial charge in [-0.05, 0) is 56.1 Å². The van der Waals surface area contributed by atoms with E-state index in [9.17, 15) is 30.0 Å². The summed E-state index contributed by atoms with van der Waals surface area (Å²) in [5, 5.41) is 41.7. The molecule has 3 fully saturated rings. The summed E-state index contributed by atoms with van der Waals surface area (Å²) < 4.78 is 0. The van der Waals surface area contributed by atoms with Gasteiger partial charge in [0.1, 0.15) is 12.2 Å². The Balaban J connectivity index is 1.76. The van der Waals surface area contributed by atoms with Crippen LogP contribution < -0.4 is 0 Å². The highest BCUT2D eigenvalue weighted by Gasteiger charge is 2.68. The highest BCUT2D eigenvalue weighted by molar-refractivity contribution is 6.04. The van der Waals surface area contributed by atoms with E-state index in [1.54, 1.807) is 6.08 Å². The molecule has 3 saturated carbocycles. The molecule has 27 heavy (non-hydrogen) atoms. The van der Waals surface area contributed by atoms with Crippen LogP contribution in [0.3, 0.4) is 0 Å². The van der Waals surface area contributed by atoms with Crippen LogP contribution in [0.15, 0.2) is 23.5 Å². The minimum atomic E-state index is -1.62. The molecule has 0 unspecified atom stereocenters. The van der Waals surface area contributed by atoms with Crippen molar-refractivity contribution in [2.75, 3.05) is 6.61 Å². The third-order valence-corrected chi connectivity index (χ3v) is 8.34.